The number of esters is 2. The fourth-order valence-corrected chi connectivity index (χ4v) is 1.76. The Bertz CT molecular complexity index is 513. The minimum Gasteiger partial charge on any atom is -0.469 e. The Morgan fingerprint density at radius 1 is 1.14 bits per heavy atom. The van der Waals surface area contributed by atoms with E-state index in [0.717, 1.165) is 0 Å². The molecule has 120 valence electrons. The molecular weight excluding hydrogens is 286 g/mol. The van der Waals surface area contributed by atoms with Crippen molar-refractivity contribution in [2.24, 2.45) is 0 Å². The highest BCUT2D eigenvalue weighted by atomic mass is 16.5. The van der Waals surface area contributed by atoms with Crippen molar-refractivity contribution >= 4 is 17.8 Å². The number of rotatable bonds is 7. The minimum absolute atomic E-state index is 0.0173. The first kappa shape index (κ1) is 17.7. The zero-order valence-corrected chi connectivity index (χ0v) is 13.0. The molecule has 0 aliphatic carbocycles. The quantitative estimate of drug-likeness (QED) is 0.775. The van der Waals surface area contributed by atoms with Gasteiger partial charge in [-0.15, -0.1) is 0 Å². The average Bonchev–Trinajstić information content (AvgIpc) is 2.50. The van der Waals surface area contributed by atoms with Gasteiger partial charge in [0.2, 0.25) is 0 Å². The van der Waals surface area contributed by atoms with E-state index in [0.29, 0.717) is 5.56 Å². The molecular formula is C16H21NO5. The van der Waals surface area contributed by atoms with Crippen LogP contribution in [0.1, 0.15) is 37.0 Å². The predicted octanol–water partition coefficient (Wildman–Crippen LogP) is 1.69. The van der Waals surface area contributed by atoms with Crippen LogP contribution in [-0.2, 0) is 19.1 Å². The molecule has 6 heteroatoms. The Morgan fingerprint density at radius 2 is 1.77 bits per heavy atom. The maximum absolute atomic E-state index is 12.1. The number of carbonyl (C=O) groups is 3. The third-order valence-corrected chi connectivity index (χ3v) is 2.84. The summed E-state index contributed by atoms with van der Waals surface area (Å²) in [5.41, 5.74) is 0.433. The first-order valence-corrected chi connectivity index (χ1v) is 7.07. The number of nitrogens with one attached hydrogen (secondary N) is 1. The molecule has 0 saturated heterocycles. The summed E-state index contributed by atoms with van der Waals surface area (Å²) >= 11 is 0. The number of amides is 1. The molecule has 1 rings (SSSR count). The summed E-state index contributed by atoms with van der Waals surface area (Å²) in [6.45, 7) is 3.43. The summed E-state index contributed by atoms with van der Waals surface area (Å²) in [6, 6.07) is 7.63. The minimum atomic E-state index is -0.894. The lowest BCUT2D eigenvalue weighted by molar-refractivity contribution is -0.150. The molecule has 0 aromatic heterocycles. The van der Waals surface area contributed by atoms with E-state index in [2.05, 4.69) is 10.1 Å². The van der Waals surface area contributed by atoms with E-state index in [4.69, 9.17) is 4.74 Å². The standard InChI is InChI=1S/C16H21NO5/c1-11(2)22-16(20)13(9-10-14(18)21-3)17-15(19)12-7-5-4-6-8-12/h4-8,11,13H,9-10H2,1-3H3,(H,17,19). The van der Waals surface area contributed by atoms with Gasteiger partial charge in [0.05, 0.1) is 13.2 Å². The second kappa shape index (κ2) is 8.81. The van der Waals surface area contributed by atoms with Gasteiger partial charge in [-0.2, -0.15) is 0 Å². The summed E-state index contributed by atoms with van der Waals surface area (Å²) in [4.78, 5) is 35.4. The molecule has 0 aliphatic rings. The van der Waals surface area contributed by atoms with E-state index in [1.54, 1.807) is 44.2 Å². The molecule has 1 amide bonds. The fraction of sp³-hybridized carbons (Fsp3) is 0.438. The van der Waals surface area contributed by atoms with Crippen molar-refractivity contribution < 1.29 is 23.9 Å². The van der Waals surface area contributed by atoms with Gasteiger partial charge >= 0.3 is 11.9 Å². The Balaban J connectivity index is 2.74. The molecule has 1 N–H and O–H groups in total. The van der Waals surface area contributed by atoms with Crippen LogP contribution in [0.15, 0.2) is 30.3 Å². The number of ether oxygens (including phenoxy) is 2. The largest absolute Gasteiger partial charge is 0.469 e. The molecule has 1 unspecified atom stereocenters. The van der Waals surface area contributed by atoms with Crippen LogP contribution < -0.4 is 5.32 Å². The fourth-order valence-electron chi connectivity index (χ4n) is 1.76. The van der Waals surface area contributed by atoms with Gasteiger partial charge in [0.1, 0.15) is 6.04 Å². The van der Waals surface area contributed by atoms with Crippen LogP contribution in [0.2, 0.25) is 0 Å². The molecule has 0 fully saturated rings. The third kappa shape index (κ3) is 5.95. The molecule has 0 bridgehead atoms. The van der Waals surface area contributed by atoms with Gasteiger partial charge in [-0.3, -0.25) is 9.59 Å². The van der Waals surface area contributed by atoms with Gasteiger partial charge in [0.15, 0.2) is 0 Å². The zero-order chi connectivity index (χ0) is 16.5. The summed E-state index contributed by atoms with van der Waals surface area (Å²) < 4.78 is 9.66. The second-order valence-electron chi connectivity index (χ2n) is 4.99. The van der Waals surface area contributed by atoms with Gasteiger partial charge in [0, 0.05) is 12.0 Å². The molecule has 1 atom stereocenters. The van der Waals surface area contributed by atoms with Crippen molar-refractivity contribution in [1.29, 1.82) is 0 Å². The van der Waals surface area contributed by atoms with Crippen molar-refractivity contribution in [2.45, 2.75) is 38.8 Å². The van der Waals surface area contributed by atoms with E-state index in [-0.39, 0.29) is 18.9 Å². The lowest BCUT2D eigenvalue weighted by Crippen LogP contribution is -2.43. The first-order chi connectivity index (χ1) is 10.4. The number of benzene rings is 1. The van der Waals surface area contributed by atoms with Crippen molar-refractivity contribution in [1.82, 2.24) is 5.32 Å². The highest BCUT2D eigenvalue weighted by Gasteiger charge is 2.24. The van der Waals surface area contributed by atoms with Crippen LogP contribution in [0, 0.1) is 0 Å². The predicted molar refractivity (Wildman–Crippen MR) is 80.2 cm³/mol. The van der Waals surface area contributed by atoms with Crippen LogP contribution >= 0.6 is 0 Å². The highest BCUT2D eigenvalue weighted by Crippen LogP contribution is 2.06. The normalized spacial score (nSPS) is 11.6. The van der Waals surface area contributed by atoms with Crippen molar-refractivity contribution in [3.63, 3.8) is 0 Å². The second-order valence-corrected chi connectivity index (χ2v) is 4.99. The number of carbonyl (C=O) groups excluding carboxylic acids is 3. The lowest BCUT2D eigenvalue weighted by atomic mass is 10.1. The van der Waals surface area contributed by atoms with Crippen LogP contribution in [0.4, 0.5) is 0 Å². The van der Waals surface area contributed by atoms with Crippen molar-refractivity contribution in [2.75, 3.05) is 7.11 Å². The third-order valence-electron chi connectivity index (χ3n) is 2.84. The maximum atomic E-state index is 12.1. The van der Waals surface area contributed by atoms with Crippen molar-refractivity contribution in [3.05, 3.63) is 35.9 Å². The molecule has 1 aromatic carbocycles. The highest BCUT2D eigenvalue weighted by molar-refractivity contribution is 5.96. The van der Waals surface area contributed by atoms with Crippen molar-refractivity contribution in [3.8, 4) is 0 Å². The van der Waals surface area contributed by atoms with Gasteiger partial charge < -0.3 is 14.8 Å². The number of hydrogen-bond donors (Lipinski definition) is 1. The zero-order valence-electron chi connectivity index (χ0n) is 13.0. The molecule has 0 aliphatic heterocycles. The first-order valence-electron chi connectivity index (χ1n) is 7.07. The SMILES string of the molecule is COC(=O)CCC(NC(=O)c1ccccc1)C(=O)OC(C)C. The molecule has 6 nitrogen and oxygen atoms in total. The van der Waals surface area contributed by atoms with Crippen LogP contribution in [0.3, 0.4) is 0 Å². The molecule has 0 radical (unpaired) electrons. The molecule has 0 spiro atoms. The monoisotopic (exact) mass is 307 g/mol. The van der Waals surface area contributed by atoms with Gasteiger partial charge in [-0.25, -0.2) is 4.79 Å². The summed E-state index contributed by atoms with van der Waals surface area (Å²) in [7, 11) is 1.27. The van der Waals surface area contributed by atoms with E-state index >= 15 is 0 Å². The smallest absolute Gasteiger partial charge is 0.328 e. The van der Waals surface area contributed by atoms with Gasteiger partial charge in [-0.1, -0.05) is 18.2 Å². The summed E-state index contributed by atoms with van der Waals surface area (Å²) in [5, 5.41) is 2.60. The Kier molecular flexibility index (Phi) is 7.08. The van der Waals surface area contributed by atoms with Crippen LogP contribution in [0.25, 0.3) is 0 Å². The number of hydrogen-bond acceptors (Lipinski definition) is 5. The van der Waals surface area contributed by atoms with E-state index in [9.17, 15) is 14.4 Å². The summed E-state index contributed by atoms with van der Waals surface area (Å²) in [5.74, 6) is -1.41. The number of methoxy groups -OCH3 is 1. The Hall–Kier alpha value is -2.37. The van der Waals surface area contributed by atoms with Crippen LogP contribution in [0.5, 0.6) is 0 Å². The van der Waals surface area contributed by atoms with Gasteiger partial charge in [0.25, 0.3) is 5.91 Å². The summed E-state index contributed by atoms with van der Waals surface area (Å²) in [6.07, 6.45) is -0.165. The van der Waals surface area contributed by atoms with E-state index in [1.807, 2.05) is 0 Å². The van der Waals surface area contributed by atoms with Crippen LogP contribution in [-0.4, -0.2) is 37.1 Å². The molecule has 0 heterocycles. The van der Waals surface area contributed by atoms with E-state index in [1.165, 1.54) is 7.11 Å². The Labute approximate surface area is 129 Å². The van der Waals surface area contributed by atoms with E-state index < -0.39 is 23.9 Å². The molecule has 22 heavy (non-hydrogen) atoms. The maximum Gasteiger partial charge on any atom is 0.328 e. The Morgan fingerprint density at radius 3 is 2.32 bits per heavy atom. The molecule has 0 saturated carbocycles. The topological polar surface area (TPSA) is 81.7 Å². The van der Waals surface area contributed by atoms with Gasteiger partial charge in [-0.05, 0) is 32.4 Å². The lowest BCUT2D eigenvalue weighted by Gasteiger charge is -2.18. The average molecular weight is 307 g/mol. The molecule has 1 aromatic rings.